The molecule has 0 bridgehead atoms. The second kappa shape index (κ2) is 5.62. The Kier molecular flexibility index (Phi) is 3.90. The fourth-order valence-electron chi connectivity index (χ4n) is 3.20. The van der Waals surface area contributed by atoms with E-state index in [4.69, 9.17) is 0 Å². The van der Waals surface area contributed by atoms with Crippen molar-refractivity contribution in [3.63, 3.8) is 0 Å². The minimum Gasteiger partial charge on any atom is -0.363 e. The molecule has 1 aromatic heterocycles. The number of nitrogens with zero attached hydrogens (tertiary/aromatic N) is 1. The van der Waals surface area contributed by atoms with Crippen molar-refractivity contribution in [2.75, 3.05) is 12.4 Å². The van der Waals surface area contributed by atoms with Crippen LogP contribution in [-0.4, -0.2) is 20.4 Å². The molecule has 1 unspecified atom stereocenters. The van der Waals surface area contributed by atoms with E-state index in [1.54, 1.807) is 12.1 Å². The van der Waals surface area contributed by atoms with Gasteiger partial charge in [0.25, 0.3) is 0 Å². The first-order chi connectivity index (χ1) is 10.8. The van der Waals surface area contributed by atoms with Gasteiger partial charge in [-0.05, 0) is 42.1 Å². The summed E-state index contributed by atoms with van der Waals surface area (Å²) >= 11 is 0. The Bertz CT molecular complexity index is 814. The third-order valence-corrected chi connectivity index (χ3v) is 5.82. The van der Waals surface area contributed by atoms with E-state index in [9.17, 15) is 8.42 Å². The number of benzene rings is 1. The van der Waals surface area contributed by atoms with Crippen LogP contribution in [0.5, 0.6) is 0 Å². The number of sulfonamides is 1. The summed E-state index contributed by atoms with van der Waals surface area (Å²) in [5.74, 6) is 0.678. The third-order valence-electron chi connectivity index (χ3n) is 4.42. The van der Waals surface area contributed by atoms with E-state index in [0.717, 1.165) is 6.42 Å². The summed E-state index contributed by atoms with van der Waals surface area (Å²) in [5.41, 5.74) is 2.75. The Morgan fingerprint density at radius 1 is 1.17 bits per heavy atom. The molecule has 0 fully saturated rings. The summed E-state index contributed by atoms with van der Waals surface area (Å²) in [6.45, 7) is 4.48. The first-order valence-corrected chi connectivity index (χ1v) is 9.07. The van der Waals surface area contributed by atoms with Crippen molar-refractivity contribution >= 4 is 15.8 Å². The summed E-state index contributed by atoms with van der Waals surface area (Å²) in [6.07, 6.45) is 2.35. The highest BCUT2D eigenvalue weighted by molar-refractivity contribution is 7.89. The van der Waals surface area contributed by atoms with Crippen LogP contribution in [0.15, 0.2) is 47.5 Å². The zero-order valence-electron chi connectivity index (χ0n) is 13.5. The van der Waals surface area contributed by atoms with Crippen molar-refractivity contribution in [1.29, 1.82) is 0 Å². The second-order valence-corrected chi connectivity index (χ2v) is 8.35. The van der Waals surface area contributed by atoms with E-state index in [1.165, 1.54) is 24.4 Å². The Hall–Kier alpha value is -1.92. The predicted octanol–water partition coefficient (Wildman–Crippen LogP) is 2.82. The lowest BCUT2D eigenvalue weighted by molar-refractivity contribution is 0.493. The Balaban J connectivity index is 1.84. The van der Waals surface area contributed by atoms with Gasteiger partial charge in [0.05, 0.1) is 6.04 Å². The Morgan fingerprint density at radius 3 is 2.57 bits per heavy atom. The molecular formula is C17H21N3O2S. The van der Waals surface area contributed by atoms with Gasteiger partial charge in [0.2, 0.25) is 10.0 Å². The van der Waals surface area contributed by atoms with Gasteiger partial charge in [0.15, 0.2) is 0 Å². The number of pyridine rings is 1. The maximum absolute atomic E-state index is 11.7. The molecule has 1 aliphatic carbocycles. The van der Waals surface area contributed by atoms with Crippen molar-refractivity contribution in [3.8, 4) is 0 Å². The van der Waals surface area contributed by atoms with Crippen LogP contribution in [0.1, 0.15) is 37.4 Å². The predicted molar refractivity (Wildman–Crippen MR) is 90.9 cm³/mol. The van der Waals surface area contributed by atoms with Gasteiger partial charge < -0.3 is 5.32 Å². The molecule has 1 aliphatic rings. The van der Waals surface area contributed by atoms with Gasteiger partial charge in [-0.3, -0.25) is 0 Å². The molecule has 122 valence electrons. The highest BCUT2D eigenvalue weighted by atomic mass is 32.2. The van der Waals surface area contributed by atoms with Crippen LogP contribution in [-0.2, 0) is 15.4 Å². The van der Waals surface area contributed by atoms with E-state index in [2.05, 4.69) is 47.1 Å². The smallest absolute Gasteiger partial charge is 0.241 e. The van der Waals surface area contributed by atoms with Gasteiger partial charge in [-0.25, -0.2) is 18.1 Å². The van der Waals surface area contributed by atoms with Crippen molar-refractivity contribution < 1.29 is 8.42 Å². The molecule has 0 radical (unpaired) electrons. The molecule has 1 aromatic carbocycles. The lowest BCUT2D eigenvalue weighted by atomic mass is 9.86. The molecule has 23 heavy (non-hydrogen) atoms. The van der Waals surface area contributed by atoms with Gasteiger partial charge in [0.1, 0.15) is 10.7 Å². The molecule has 0 amide bonds. The average molecular weight is 331 g/mol. The van der Waals surface area contributed by atoms with Crippen LogP contribution in [0.2, 0.25) is 0 Å². The van der Waals surface area contributed by atoms with E-state index < -0.39 is 10.0 Å². The van der Waals surface area contributed by atoms with Crippen molar-refractivity contribution in [3.05, 3.63) is 53.7 Å². The minimum absolute atomic E-state index is 0.115. The van der Waals surface area contributed by atoms with Crippen molar-refractivity contribution in [1.82, 2.24) is 9.71 Å². The summed E-state index contributed by atoms with van der Waals surface area (Å²) in [6, 6.07) is 11.9. The molecule has 0 aliphatic heterocycles. The zero-order valence-corrected chi connectivity index (χ0v) is 14.3. The normalized spacial score (nSPS) is 19.3. The lowest BCUT2D eigenvalue weighted by Crippen LogP contribution is -2.19. The minimum atomic E-state index is -3.45. The zero-order chi connectivity index (χ0) is 16.7. The fourth-order valence-corrected chi connectivity index (χ4v) is 3.87. The van der Waals surface area contributed by atoms with Crippen LogP contribution < -0.4 is 10.0 Å². The van der Waals surface area contributed by atoms with Crippen LogP contribution in [0.4, 0.5) is 5.82 Å². The van der Waals surface area contributed by atoms with Gasteiger partial charge in [-0.2, -0.15) is 0 Å². The van der Waals surface area contributed by atoms with Gasteiger partial charge in [0, 0.05) is 6.20 Å². The van der Waals surface area contributed by atoms with Crippen LogP contribution in [0.25, 0.3) is 0 Å². The molecule has 3 rings (SSSR count). The molecule has 6 heteroatoms. The van der Waals surface area contributed by atoms with E-state index in [0.29, 0.717) is 5.82 Å². The number of anilines is 1. The largest absolute Gasteiger partial charge is 0.363 e. The fraction of sp³-hybridized carbons (Fsp3) is 0.353. The molecule has 2 aromatic rings. The number of hydrogen-bond donors (Lipinski definition) is 2. The average Bonchev–Trinajstić information content (AvgIpc) is 2.79. The SMILES string of the molecule is CNS(=O)(=O)c1ccc(NC2CC(C)(C)c3ccccc32)nc1. The lowest BCUT2D eigenvalue weighted by Gasteiger charge is -2.19. The highest BCUT2D eigenvalue weighted by Crippen LogP contribution is 2.45. The quantitative estimate of drug-likeness (QED) is 0.904. The molecule has 5 nitrogen and oxygen atoms in total. The number of fused-ring (bicyclic) bond motifs is 1. The number of rotatable bonds is 4. The van der Waals surface area contributed by atoms with Gasteiger partial charge in [-0.1, -0.05) is 38.1 Å². The number of hydrogen-bond acceptors (Lipinski definition) is 4. The van der Waals surface area contributed by atoms with E-state index in [1.807, 2.05) is 6.07 Å². The topological polar surface area (TPSA) is 71.1 Å². The number of nitrogens with one attached hydrogen (secondary N) is 2. The maximum Gasteiger partial charge on any atom is 0.241 e. The van der Waals surface area contributed by atoms with Crippen molar-refractivity contribution in [2.24, 2.45) is 0 Å². The molecule has 0 saturated carbocycles. The van der Waals surface area contributed by atoms with Crippen LogP contribution in [0.3, 0.4) is 0 Å². The summed E-state index contributed by atoms with van der Waals surface area (Å²) in [7, 11) is -2.06. The Labute approximate surface area is 137 Å². The molecule has 0 saturated heterocycles. The summed E-state index contributed by atoms with van der Waals surface area (Å²) in [4.78, 5) is 4.41. The van der Waals surface area contributed by atoms with Gasteiger partial charge in [-0.15, -0.1) is 0 Å². The molecule has 1 atom stereocenters. The van der Waals surface area contributed by atoms with Crippen LogP contribution >= 0.6 is 0 Å². The summed E-state index contributed by atoms with van der Waals surface area (Å²) < 4.78 is 25.8. The maximum atomic E-state index is 11.7. The molecule has 2 N–H and O–H groups in total. The second-order valence-electron chi connectivity index (χ2n) is 6.46. The molecule has 1 heterocycles. The highest BCUT2D eigenvalue weighted by Gasteiger charge is 2.36. The number of aromatic nitrogens is 1. The van der Waals surface area contributed by atoms with E-state index in [-0.39, 0.29) is 16.4 Å². The van der Waals surface area contributed by atoms with Gasteiger partial charge >= 0.3 is 0 Å². The molecular weight excluding hydrogens is 310 g/mol. The van der Waals surface area contributed by atoms with Crippen LogP contribution in [0, 0.1) is 0 Å². The van der Waals surface area contributed by atoms with Crippen molar-refractivity contribution in [2.45, 2.75) is 36.6 Å². The first-order valence-electron chi connectivity index (χ1n) is 7.59. The third kappa shape index (κ3) is 2.96. The standard InChI is InChI=1S/C17H21N3O2S/c1-17(2)10-15(13-6-4-5-7-14(13)17)20-16-9-8-12(11-19-16)23(21,22)18-3/h4-9,11,15,18H,10H2,1-3H3,(H,19,20). The Morgan fingerprint density at radius 2 is 1.91 bits per heavy atom. The first kappa shape index (κ1) is 16.0. The molecule has 0 spiro atoms. The summed E-state index contributed by atoms with van der Waals surface area (Å²) in [5, 5.41) is 3.42. The monoisotopic (exact) mass is 331 g/mol. The van der Waals surface area contributed by atoms with E-state index >= 15 is 0 Å².